The summed E-state index contributed by atoms with van der Waals surface area (Å²) < 4.78 is 16.1. The number of nitro groups is 1. The van der Waals surface area contributed by atoms with E-state index in [0.717, 1.165) is 5.56 Å². The van der Waals surface area contributed by atoms with Gasteiger partial charge in [-0.3, -0.25) is 24.6 Å². The number of benzene rings is 2. The molecule has 1 saturated heterocycles. The maximum atomic E-state index is 13.4. The normalized spacial score (nSPS) is 18.0. The summed E-state index contributed by atoms with van der Waals surface area (Å²) in [5.74, 6) is 0.344. The molecule has 5 rings (SSSR count). The molecule has 0 spiro atoms. The Morgan fingerprint density at radius 3 is 2.38 bits per heavy atom. The van der Waals surface area contributed by atoms with E-state index in [4.69, 9.17) is 14.2 Å². The summed E-state index contributed by atoms with van der Waals surface area (Å²) in [6.07, 6.45) is 0. The fourth-order valence-corrected chi connectivity index (χ4v) is 4.02. The first kappa shape index (κ1) is 20.0. The van der Waals surface area contributed by atoms with Crippen LogP contribution in [0.4, 0.5) is 5.69 Å². The molecule has 0 saturated carbocycles. The number of carbonyl (C=O) groups excluding carboxylic acids is 2. The quantitative estimate of drug-likeness (QED) is 0.396. The number of hydrogen-bond donors (Lipinski definition) is 0. The summed E-state index contributed by atoms with van der Waals surface area (Å²) in [6.45, 7) is 2.04. The molecular formula is C22H19N3O7. The van der Waals surface area contributed by atoms with Gasteiger partial charge in [0.2, 0.25) is 6.79 Å². The zero-order chi connectivity index (χ0) is 22.2. The van der Waals surface area contributed by atoms with Crippen LogP contribution in [0.1, 0.15) is 11.1 Å². The van der Waals surface area contributed by atoms with Crippen LogP contribution in [0, 0.1) is 10.1 Å². The molecule has 3 aliphatic rings. The lowest BCUT2D eigenvalue weighted by atomic mass is 10.0. The summed E-state index contributed by atoms with van der Waals surface area (Å²) in [4.78, 5) is 40.4. The zero-order valence-corrected chi connectivity index (χ0v) is 17.0. The molecule has 0 aromatic heterocycles. The van der Waals surface area contributed by atoms with Gasteiger partial charge < -0.3 is 19.1 Å². The van der Waals surface area contributed by atoms with Crippen LogP contribution in [-0.2, 0) is 20.9 Å². The molecule has 2 aromatic rings. The Balaban J connectivity index is 1.50. The number of fused-ring (bicyclic) bond motifs is 1. The van der Waals surface area contributed by atoms with Crippen LogP contribution >= 0.6 is 0 Å². The molecule has 164 valence electrons. The summed E-state index contributed by atoms with van der Waals surface area (Å²) in [6, 6.07) is 10.9. The van der Waals surface area contributed by atoms with E-state index < -0.39 is 16.7 Å². The summed E-state index contributed by atoms with van der Waals surface area (Å²) in [7, 11) is 0. The highest BCUT2D eigenvalue weighted by Gasteiger charge is 2.42. The van der Waals surface area contributed by atoms with Crippen LogP contribution in [-0.4, -0.2) is 59.6 Å². The molecule has 2 amide bonds. The predicted octanol–water partition coefficient (Wildman–Crippen LogP) is 1.94. The lowest BCUT2D eigenvalue weighted by molar-refractivity contribution is -0.384. The largest absolute Gasteiger partial charge is 0.454 e. The molecule has 10 heteroatoms. The molecule has 3 aliphatic heterocycles. The Morgan fingerprint density at radius 2 is 1.66 bits per heavy atom. The van der Waals surface area contributed by atoms with Gasteiger partial charge in [0.25, 0.3) is 17.5 Å². The molecule has 0 unspecified atom stereocenters. The number of hydrogen-bond acceptors (Lipinski definition) is 8. The van der Waals surface area contributed by atoms with E-state index in [1.807, 2.05) is 4.90 Å². The van der Waals surface area contributed by atoms with Crippen molar-refractivity contribution in [3.63, 3.8) is 0 Å². The van der Waals surface area contributed by atoms with Crippen LogP contribution in [0.5, 0.6) is 11.5 Å². The van der Waals surface area contributed by atoms with Crippen molar-refractivity contribution in [2.75, 3.05) is 33.1 Å². The van der Waals surface area contributed by atoms with E-state index in [0.29, 0.717) is 49.1 Å². The van der Waals surface area contributed by atoms with Crippen molar-refractivity contribution in [3.05, 3.63) is 69.4 Å². The Labute approximate surface area is 182 Å². The first-order valence-electron chi connectivity index (χ1n) is 10.1. The van der Waals surface area contributed by atoms with Gasteiger partial charge in [-0.1, -0.05) is 6.07 Å². The third-order valence-electron chi connectivity index (χ3n) is 5.62. The van der Waals surface area contributed by atoms with Gasteiger partial charge in [0.1, 0.15) is 5.70 Å². The van der Waals surface area contributed by atoms with Gasteiger partial charge >= 0.3 is 0 Å². The fraction of sp³-hybridized carbons (Fsp3) is 0.273. The highest BCUT2D eigenvalue weighted by Crippen LogP contribution is 2.36. The summed E-state index contributed by atoms with van der Waals surface area (Å²) >= 11 is 0. The van der Waals surface area contributed by atoms with Crippen molar-refractivity contribution in [2.45, 2.75) is 6.54 Å². The SMILES string of the molecule is O=C1C(c2ccc([N+](=O)[O-])cc2)=C(N2CCOCC2)C(=O)N1Cc1ccc2c(c1)OCO2. The maximum absolute atomic E-state index is 13.4. The number of morpholine rings is 1. The van der Waals surface area contributed by atoms with E-state index >= 15 is 0 Å². The molecule has 0 N–H and O–H groups in total. The number of non-ortho nitro benzene ring substituents is 1. The molecular weight excluding hydrogens is 418 g/mol. The second-order valence-corrected chi connectivity index (χ2v) is 7.51. The van der Waals surface area contributed by atoms with Crippen LogP contribution < -0.4 is 9.47 Å². The number of rotatable bonds is 5. The fourth-order valence-electron chi connectivity index (χ4n) is 4.02. The van der Waals surface area contributed by atoms with Crippen LogP contribution in [0.15, 0.2) is 48.2 Å². The minimum Gasteiger partial charge on any atom is -0.454 e. The lowest BCUT2D eigenvalue weighted by Crippen LogP contribution is -2.40. The van der Waals surface area contributed by atoms with E-state index in [1.165, 1.54) is 29.2 Å². The number of carbonyl (C=O) groups is 2. The van der Waals surface area contributed by atoms with E-state index in [9.17, 15) is 19.7 Å². The maximum Gasteiger partial charge on any atom is 0.278 e. The van der Waals surface area contributed by atoms with Gasteiger partial charge in [-0.2, -0.15) is 0 Å². The summed E-state index contributed by atoms with van der Waals surface area (Å²) in [5, 5.41) is 11.0. The van der Waals surface area contributed by atoms with Crippen LogP contribution in [0.2, 0.25) is 0 Å². The molecule has 32 heavy (non-hydrogen) atoms. The third-order valence-corrected chi connectivity index (χ3v) is 5.62. The monoisotopic (exact) mass is 437 g/mol. The number of amides is 2. The first-order chi connectivity index (χ1) is 15.5. The van der Waals surface area contributed by atoms with Crippen LogP contribution in [0.25, 0.3) is 5.57 Å². The zero-order valence-electron chi connectivity index (χ0n) is 17.0. The number of nitrogens with zero attached hydrogens (tertiary/aromatic N) is 3. The van der Waals surface area contributed by atoms with Gasteiger partial charge in [0.15, 0.2) is 11.5 Å². The minimum absolute atomic E-state index is 0.0681. The lowest BCUT2D eigenvalue weighted by Gasteiger charge is -2.29. The highest BCUT2D eigenvalue weighted by molar-refractivity contribution is 6.35. The Kier molecular flexibility index (Phi) is 4.98. The smallest absolute Gasteiger partial charge is 0.278 e. The van der Waals surface area contributed by atoms with Crippen molar-refractivity contribution in [3.8, 4) is 11.5 Å². The van der Waals surface area contributed by atoms with E-state index in [-0.39, 0.29) is 24.6 Å². The number of ether oxygens (including phenoxy) is 3. The number of imide groups is 1. The minimum atomic E-state index is -0.505. The average Bonchev–Trinajstić information content (AvgIpc) is 3.37. The molecule has 10 nitrogen and oxygen atoms in total. The first-order valence-corrected chi connectivity index (χ1v) is 10.1. The molecule has 1 fully saturated rings. The van der Waals surface area contributed by atoms with Gasteiger partial charge in [-0.05, 0) is 35.4 Å². The Morgan fingerprint density at radius 1 is 0.938 bits per heavy atom. The van der Waals surface area contributed by atoms with Crippen molar-refractivity contribution >= 4 is 23.1 Å². The molecule has 2 aromatic carbocycles. The van der Waals surface area contributed by atoms with E-state index in [2.05, 4.69) is 0 Å². The second kappa shape index (κ2) is 7.97. The van der Waals surface area contributed by atoms with Crippen molar-refractivity contribution < 1.29 is 28.7 Å². The van der Waals surface area contributed by atoms with Crippen LogP contribution in [0.3, 0.4) is 0 Å². The Bertz CT molecular complexity index is 1140. The topological polar surface area (TPSA) is 111 Å². The summed E-state index contributed by atoms with van der Waals surface area (Å²) in [5.41, 5.74) is 1.64. The number of nitro benzene ring substituents is 1. The molecule has 0 bridgehead atoms. The molecule has 0 aliphatic carbocycles. The molecule has 3 heterocycles. The molecule has 0 radical (unpaired) electrons. The highest BCUT2D eigenvalue weighted by atomic mass is 16.7. The van der Waals surface area contributed by atoms with Gasteiger partial charge in [-0.15, -0.1) is 0 Å². The van der Waals surface area contributed by atoms with Gasteiger partial charge in [0, 0.05) is 25.2 Å². The molecule has 0 atom stereocenters. The predicted molar refractivity (Wildman–Crippen MR) is 111 cm³/mol. The van der Waals surface area contributed by atoms with Gasteiger partial charge in [-0.25, -0.2) is 0 Å². The second-order valence-electron chi connectivity index (χ2n) is 7.51. The van der Waals surface area contributed by atoms with Crippen molar-refractivity contribution in [2.24, 2.45) is 0 Å². The standard InChI is InChI=1S/C22H19N3O7/c26-21-19(15-2-4-16(5-3-15)25(28)29)20(23-7-9-30-10-8-23)22(27)24(21)12-14-1-6-17-18(11-14)32-13-31-17/h1-6,11H,7-10,12-13H2. The van der Waals surface area contributed by atoms with Gasteiger partial charge in [0.05, 0.1) is 30.3 Å². The van der Waals surface area contributed by atoms with E-state index in [1.54, 1.807) is 18.2 Å². The van der Waals surface area contributed by atoms with Crippen molar-refractivity contribution in [1.29, 1.82) is 0 Å². The third kappa shape index (κ3) is 3.44. The van der Waals surface area contributed by atoms with Crippen molar-refractivity contribution in [1.82, 2.24) is 9.80 Å². The Hall–Kier alpha value is -3.92. The average molecular weight is 437 g/mol.